The Morgan fingerprint density at radius 2 is 1.97 bits per heavy atom. The highest BCUT2D eigenvalue weighted by Crippen LogP contribution is 2.43. The third-order valence-electron chi connectivity index (χ3n) is 6.81. The summed E-state index contributed by atoms with van der Waals surface area (Å²) in [4.78, 5) is 27.0. The Morgan fingerprint density at radius 1 is 1.23 bits per heavy atom. The lowest BCUT2D eigenvalue weighted by atomic mass is 9.85. The highest BCUT2D eigenvalue weighted by molar-refractivity contribution is 5.94. The molecule has 2 aliphatic heterocycles. The topological polar surface area (TPSA) is 76.5 Å². The Bertz CT molecular complexity index is 819. The van der Waals surface area contributed by atoms with Crippen molar-refractivity contribution in [2.75, 3.05) is 25.0 Å². The van der Waals surface area contributed by atoms with Gasteiger partial charge in [-0.15, -0.1) is 0 Å². The van der Waals surface area contributed by atoms with Crippen LogP contribution in [0.3, 0.4) is 0 Å². The molecule has 1 aromatic rings. The van der Waals surface area contributed by atoms with Gasteiger partial charge in [0.25, 0.3) is 0 Å². The largest absolute Gasteiger partial charge is 0.462 e. The Morgan fingerprint density at radius 3 is 2.65 bits per heavy atom. The van der Waals surface area contributed by atoms with E-state index >= 15 is 0 Å². The van der Waals surface area contributed by atoms with Gasteiger partial charge in [0.05, 0.1) is 12.8 Å². The SMILES string of the molecule is CCOC(=O)c1cnn2c1N[C@H](C1CCCN(C(=O)C3CCCC3)C1)C[C@@H]2C(F)(F)F. The Kier molecular flexibility index (Phi) is 6.16. The molecule has 7 nitrogen and oxygen atoms in total. The van der Waals surface area contributed by atoms with Gasteiger partial charge in [-0.1, -0.05) is 12.8 Å². The van der Waals surface area contributed by atoms with Crippen LogP contribution in [0.4, 0.5) is 19.0 Å². The summed E-state index contributed by atoms with van der Waals surface area (Å²) in [6, 6.07) is -2.33. The highest BCUT2D eigenvalue weighted by Gasteiger charge is 2.49. The second kappa shape index (κ2) is 8.70. The molecule has 3 heterocycles. The first-order chi connectivity index (χ1) is 14.8. The molecule has 3 atom stereocenters. The fraction of sp³-hybridized carbons (Fsp3) is 0.762. The van der Waals surface area contributed by atoms with E-state index in [-0.39, 0.29) is 42.2 Å². The quantitative estimate of drug-likeness (QED) is 0.719. The van der Waals surface area contributed by atoms with Crippen LogP contribution >= 0.6 is 0 Å². The first kappa shape index (κ1) is 22.0. The van der Waals surface area contributed by atoms with Gasteiger partial charge in [-0.05, 0) is 44.9 Å². The van der Waals surface area contributed by atoms with Crippen molar-refractivity contribution < 1.29 is 27.5 Å². The maximum absolute atomic E-state index is 13.9. The van der Waals surface area contributed by atoms with E-state index in [4.69, 9.17) is 4.74 Å². The Labute approximate surface area is 179 Å². The molecule has 1 aliphatic carbocycles. The van der Waals surface area contributed by atoms with Crippen LogP contribution in [0.5, 0.6) is 0 Å². The van der Waals surface area contributed by atoms with E-state index in [1.807, 2.05) is 4.90 Å². The number of hydrogen-bond donors (Lipinski definition) is 1. The van der Waals surface area contributed by atoms with Crippen molar-refractivity contribution in [3.05, 3.63) is 11.8 Å². The van der Waals surface area contributed by atoms with E-state index in [2.05, 4.69) is 10.4 Å². The standard InChI is InChI=1S/C21H29F3N4O3/c1-2-31-20(30)15-11-25-28-17(21(22,23)24)10-16(26-18(15)28)14-8-5-9-27(12-14)19(29)13-6-3-4-7-13/h11,13-14,16-17,26H,2-10,12H2,1H3/t14?,16-,17+/m0/s1. The van der Waals surface area contributed by atoms with E-state index in [9.17, 15) is 22.8 Å². The number of fused-ring (bicyclic) bond motifs is 1. The molecule has 4 rings (SSSR count). The predicted octanol–water partition coefficient (Wildman–Crippen LogP) is 3.78. The second-order valence-electron chi connectivity index (χ2n) is 8.78. The molecular formula is C21H29F3N4O3. The number of esters is 1. The molecule has 1 N–H and O–H groups in total. The number of nitrogens with one attached hydrogen (secondary N) is 1. The number of carbonyl (C=O) groups excluding carboxylic acids is 2. The summed E-state index contributed by atoms with van der Waals surface area (Å²) < 4.78 is 47.4. The lowest BCUT2D eigenvalue weighted by Crippen LogP contribution is -2.50. The summed E-state index contributed by atoms with van der Waals surface area (Å²) >= 11 is 0. The zero-order valence-corrected chi connectivity index (χ0v) is 17.7. The molecular weight excluding hydrogens is 413 g/mol. The average Bonchev–Trinajstić information content (AvgIpc) is 3.42. The van der Waals surface area contributed by atoms with Gasteiger partial charge in [0.2, 0.25) is 5.91 Å². The number of aromatic nitrogens is 2. The van der Waals surface area contributed by atoms with Gasteiger partial charge in [0.15, 0.2) is 6.04 Å². The number of ether oxygens (including phenoxy) is 1. The van der Waals surface area contributed by atoms with Crippen LogP contribution in [0.1, 0.15) is 68.3 Å². The summed E-state index contributed by atoms with van der Waals surface area (Å²) in [5.41, 5.74) is 0.00972. The number of likely N-dealkylation sites (tertiary alicyclic amines) is 1. The summed E-state index contributed by atoms with van der Waals surface area (Å²) in [6.45, 7) is 2.87. The molecule has 0 spiro atoms. The summed E-state index contributed by atoms with van der Waals surface area (Å²) in [6.07, 6.45) is 1.88. The van der Waals surface area contributed by atoms with E-state index < -0.39 is 24.2 Å². The van der Waals surface area contributed by atoms with Crippen LogP contribution in [0.15, 0.2) is 6.20 Å². The molecule has 1 saturated heterocycles. The van der Waals surface area contributed by atoms with Gasteiger partial charge in [0, 0.05) is 25.0 Å². The van der Waals surface area contributed by atoms with Crippen LogP contribution in [0.2, 0.25) is 0 Å². The van der Waals surface area contributed by atoms with Gasteiger partial charge < -0.3 is 15.0 Å². The van der Waals surface area contributed by atoms with Gasteiger partial charge in [-0.25, -0.2) is 9.48 Å². The third kappa shape index (κ3) is 4.39. The average molecular weight is 442 g/mol. The lowest BCUT2D eigenvalue weighted by molar-refractivity contribution is -0.175. The van der Waals surface area contributed by atoms with Crippen LogP contribution < -0.4 is 5.32 Å². The normalized spacial score (nSPS) is 27.0. The smallest absolute Gasteiger partial charge is 0.410 e. The van der Waals surface area contributed by atoms with Gasteiger partial charge in [0.1, 0.15) is 11.4 Å². The number of amides is 1. The van der Waals surface area contributed by atoms with E-state index in [0.29, 0.717) is 13.1 Å². The van der Waals surface area contributed by atoms with Crippen molar-refractivity contribution in [2.45, 2.75) is 70.1 Å². The number of alkyl halides is 3. The van der Waals surface area contributed by atoms with Gasteiger partial charge >= 0.3 is 12.1 Å². The molecule has 1 saturated carbocycles. The van der Waals surface area contributed by atoms with Crippen LogP contribution in [0, 0.1) is 11.8 Å². The lowest BCUT2D eigenvalue weighted by Gasteiger charge is -2.42. The molecule has 1 amide bonds. The molecule has 172 valence electrons. The molecule has 0 aromatic carbocycles. The second-order valence-corrected chi connectivity index (χ2v) is 8.78. The Balaban J connectivity index is 1.56. The van der Waals surface area contributed by atoms with Crippen molar-refractivity contribution in [1.29, 1.82) is 0 Å². The van der Waals surface area contributed by atoms with Crippen LogP contribution in [-0.2, 0) is 9.53 Å². The van der Waals surface area contributed by atoms with Gasteiger partial charge in [-0.2, -0.15) is 18.3 Å². The van der Waals surface area contributed by atoms with Crippen molar-refractivity contribution in [1.82, 2.24) is 14.7 Å². The fourth-order valence-electron chi connectivity index (χ4n) is 5.23. The van der Waals surface area contributed by atoms with Crippen LogP contribution in [0.25, 0.3) is 0 Å². The monoisotopic (exact) mass is 442 g/mol. The highest BCUT2D eigenvalue weighted by atomic mass is 19.4. The molecule has 10 heteroatoms. The number of nitrogens with zero attached hydrogens (tertiary/aromatic N) is 3. The van der Waals surface area contributed by atoms with E-state index in [0.717, 1.165) is 49.4 Å². The maximum atomic E-state index is 13.9. The number of carbonyl (C=O) groups is 2. The zero-order chi connectivity index (χ0) is 22.2. The molecule has 0 bridgehead atoms. The van der Waals surface area contributed by atoms with E-state index in [1.54, 1.807) is 6.92 Å². The van der Waals surface area contributed by atoms with Crippen LogP contribution in [-0.4, -0.2) is 58.5 Å². The first-order valence-electron chi connectivity index (χ1n) is 11.2. The van der Waals surface area contributed by atoms with Crippen molar-refractivity contribution >= 4 is 17.7 Å². The first-order valence-corrected chi connectivity index (χ1v) is 11.2. The summed E-state index contributed by atoms with van der Waals surface area (Å²) in [7, 11) is 0. The van der Waals surface area contributed by atoms with Crippen molar-refractivity contribution in [3.63, 3.8) is 0 Å². The molecule has 1 aromatic heterocycles. The van der Waals surface area contributed by atoms with Gasteiger partial charge in [-0.3, -0.25) is 4.79 Å². The number of piperidine rings is 1. The molecule has 31 heavy (non-hydrogen) atoms. The number of anilines is 1. The molecule has 3 aliphatic rings. The number of hydrogen-bond acceptors (Lipinski definition) is 5. The third-order valence-corrected chi connectivity index (χ3v) is 6.81. The minimum Gasteiger partial charge on any atom is -0.462 e. The fourth-order valence-corrected chi connectivity index (χ4v) is 5.23. The maximum Gasteiger partial charge on any atom is 0.410 e. The van der Waals surface area contributed by atoms with E-state index in [1.165, 1.54) is 0 Å². The predicted molar refractivity (Wildman–Crippen MR) is 107 cm³/mol. The minimum absolute atomic E-state index is 0.00972. The Hall–Kier alpha value is -2.26. The minimum atomic E-state index is -4.50. The summed E-state index contributed by atoms with van der Waals surface area (Å²) in [5, 5.41) is 7.00. The number of rotatable bonds is 4. The molecule has 1 unspecified atom stereocenters. The van der Waals surface area contributed by atoms with Crippen molar-refractivity contribution in [2.24, 2.45) is 11.8 Å². The molecule has 2 fully saturated rings. The number of halogens is 3. The molecule has 0 radical (unpaired) electrons. The summed E-state index contributed by atoms with van der Waals surface area (Å²) in [5.74, 6) is -0.570. The zero-order valence-electron chi connectivity index (χ0n) is 17.7. The van der Waals surface area contributed by atoms with Crippen molar-refractivity contribution in [3.8, 4) is 0 Å².